The molecule has 0 spiro atoms. The largest absolute Gasteiger partial charge is 0.506 e. The number of ether oxygens (including phenoxy) is 1. The monoisotopic (exact) mass is 372 g/mol. The molecule has 0 aliphatic carbocycles. The number of nitriles is 1. The highest BCUT2D eigenvalue weighted by atomic mass is 79.9. The van der Waals surface area contributed by atoms with Crippen molar-refractivity contribution in [3.63, 3.8) is 0 Å². The molecule has 0 heterocycles. The summed E-state index contributed by atoms with van der Waals surface area (Å²) in [5, 5.41) is 21.4. The molecule has 0 fully saturated rings. The number of phenolic OH excluding ortho intramolecular Hbond substituents is 1. The Morgan fingerprint density at radius 1 is 1.35 bits per heavy atom. The maximum absolute atomic E-state index is 12.2. The molecule has 2 rings (SSSR count). The molecule has 6 heteroatoms. The van der Waals surface area contributed by atoms with Gasteiger partial charge in [0.1, 0.15) is 23.1 Å². The van der Waals surface area contributed by atoms with Crippen LogP contribution in [0.25, 0.3) is 6.08 Å². The molecule has 0 aliphatic heterocycles. The lowest BCUT2D eigenvalue weighted by atomic mass is 10.1. The lowest BCUT2D eigenvalue weighted by Gasteiger charge is -2.07. The predicted molar refractivity (Wildman–Crippen MR) is 91.0 cm³/mol. The van der Waals surface area contributed by atoms with Gasteiger partial charge in [0.25, 0.3) is 5.91 Å². The van der Waals surface area contributed by atoms with Crippen LogP contribution < -0.4 is 10.1 Å². The van der Waals surface area contributed by atoms with E-state index in [2.05, 4.69) is 21.2 Å². The first-order chi connectivity index (χ1) is 11.0. The van der Waals surface area contributed by atoms with E-state index in [1.807, 2.05) is 6.07 Å². The summed E-state index contributed by atoms with van der Waals surface area (Å²) in [7, 11) is 1.55. The lowest BCUT2D eigenvalue weighted by molar-refractivity contribution is -0.112. The highest BCUT2D eigenvalue weighted by Gasteiger charge is 2.12. The summed E-state index contributed by atoms with van der Waals surface area (Å²) in [4.78, 5) is 12.2. The molecular weight excluding hydrogens is 360 g/mol. The first-order valence-electron chi connectivity index (χ1n) is 6.60. The highest BCUT2D eigenvalue weighted by Crippen LogP contribution is 2.27. The number of nitrogens with one attached hydrogen (secondary N) is 1. The summed E-state index contributed by atoms with van der Waals surface area (Å²) in [5.74, 6) is -0.00871. The van der Waals surface area contributed by atoms with Gasteiger partial charge in [-0.3, -0.25) is 4.79 Å². The molecule has 0 unspecified atom stereocenters. The molecular formula is C17H13BrN2O3. The molecule has 2 aromatic rings. The van der Waals surface area contributed by atoms with Crippen molar-refractivity contribution in [3.05, 3.63) is 58.1 Å². The van der Waals surface area contributed by atoms with Crippen molar-refractivity contribution < 1.29 is 14.6 Å². The number of halogens is 1. The third-order valence-corrected chi connectivity index (χ3v) is 3.62. The number of para-hydroxylation sites is 2. The van der Waals surface area contributed by atoms with Gasteiger partial charge in [-0.25, -0.2) is 0 Å². The van der Waals surface area contributed by atoms with Gasteiger partial charge in [0.2, 0.25) is 0 Å². The Balaban J connectivity index is 2.25. The maximum Gasteiger partial charge on any atom is 0.266 e. The number of phenols is 1. The third-order valence-electron chi connectivity index (χ3n) is 3.00. The van der Waals surface area contributed by atoms with Crippen LogP contribution in [0.2, 0.25) is 0 Å². The van der Waals surface area contributed by atoms with E-state index >= 15 is 0 Å². The van der Waals surface area contributed by atoms with E-state index in [1.54, 1.807) is 43.5 Å². The molecule has 0 saturated heterocycles. The van der Waals surface area contributed by atoms with Crippen LogP contribution in [0, 0.1) is 11.3 Å². The van der Waals surface area contributed by atoms with E-state index in [1.165, 1.54) is 12.1 Å². The summed E-state index contributed by atoms with van der Waals surface area (Å²) >= 11 is 3.35. The number of hydrogen-bond donors (Lipinski definition) is 2. The van der Waals surface area contributed by atoms with Crippen molar-refractivity contribution in [2.24, 2.45) is 0 Å². The van der Waals surface area contributed by atoms with Gasteiger partial charge < -0.3 is 15.2 Å². The molecule has 0 bridgehead atoms. The van der Waals surface area contributed by atoms with Crippen LogP contribution in [0.5, 0.6) is 11.5 Å². The average molecular weight is 373 g/mol. The van der Waals surface area contributed by atoms with E-state index < -0.39 is 5.91 Å². The summed E-state index contributed by atoms with van der Waals surface area (Å²) in [6.07, 6.45) is 1.46. The van der Waals surface area contributed by atoms with Gasteiger partial charge in [0, 0.05) is 0 Å². The van der Waals surface area contributed by atoms with Gasteiger partial charge in [-0.2, -0.15) is 5.26 Å². The number of hydrogen-bond acceptors (Lipinski definition) is 4. The van der Waals surface area contributed by atoms with E-state index in [0.29, 0.717) is 15.8 Å². The molecule has 0 radical (unpaired) electrons. The van der Waals surface area contributed by atoms with Gasteiger partial charge in [0.05, 0.1) is 17.3 Å². The fraction of sp³-hybridized carbons (Fsp3) is 0.0588. The highest BCUT2D eigenvalue weighted by molar-refractivity contribution is 9.10. The van der Waals surface area contributed by atoms with Crippen LogP contribution in [0.1, 0.15) is 5.56 Å². The lowest BCUT2D eigenvalue weighted by Crippen LogP contribution is -2.13. The van der Waals surface area contributed by atoms with Crippen LogP contribution in [-0.4, -0.2) is 18.1 Å². The molecule has 2 N–H and O–H groups in total. The molecule has 23 heavy (non-hydrogen) atoms. The topological polar surface area (TPSA) is 82.3 Å². The van der Waals surface area contributed by atoms with Gasteiger partial charge >= 0.3 is 0 Å². The second kappa shape index (κ2) is 7.47. The first-order valence-corrected chi connectivity index (χ1v) is 7.39. The van der Waals surface area contributed by atoms with Gasteiger partial charge in [0.15, 0.2) is 0 Å². The number of carbonyl (C=O) groups is 1. The van der Waals surface area contributed by atoms with Crippen LogP contribution >= 0.6 is 15.9 Å². The fourth-order valence-electron chi connectivity index (χ4n) is 1.86. The molecule has 5 nitrogen and oxygen atoms in total. The molecule has 0 atom stereocenters. The minimum atomic E-state index is -0.596. The Hall–Kier alpha value is -2.78. The fourth-order valence-corrected chi connectivity index (χ4v) is 2.42. The molecule has 0 aromatic heterocycles. The minimum Gasteiger partial charge on any atom is -0.506 e. The van der Waals surface area contributed by atoms with E-state index in [0.717, 1.165) is 0 Å². The molecule has 2 aromatic carbocycles. The zero-order valence-electron chi connectivity index (χ0n) is 12.2. The standard InChI is InChI=1S/C17H13BrN2O3/c1-23-16-7-6-11(9-13(16)18)8-12(10-19)17(22)20-14-4-2-3-5-15(14)21/h2-9,21H,1H3,(H,20,22)/b12-8-. The molecule has 0 aliphatic rings. The second-order valence-corrected chi connectivity index (χ2v) is 5.39. The van der Waals surface area contributed by atoms with Crippen LogP contribution in [0.15, 0.2) is 52.5 Å². The third kappa shape index (κ3) is 4.11. The number of methoxy groups -OCH3 is 1. The minimum absolute atomic E-state index is 0.0645. The van der Waals surface area contributed by atoms with Crippen LogP contribution in [-0.2, 0) is 4.79 Å². The smallest absolute Gasteiger partial charge is 0.266 e. The summed E-state index contributed by atoms with van der Waals surface area (Å²) in [6, 6.07) is 13.4. The van der Waals surface area contributed by atoms with Gasteiger partial charge in [-0.05, 0) is 51.8 Å². The quantitative estimate of drug-likeness (QED) is 0.486. The van der Waals surface area contributed by atoms with E-state index in [4.69, 9.17) is 4.74 Å². The number of amides is 1. The van der Waals surface area contributed by atoms with Crippen molar-refractivity contribution in [3.8, 4) is 17.6 Å². The number of aromatic hydroxyl groups is 1. The van der Waals surface area contributed by atoms with E-state index in [9.17, 15) is 15.2 Å². The number of anilines is 1. The second-order valence-electron chi connectivity index (χ2n) is 4.54. The Labute approximate surface area is 142 Å². The van der Waals surface area contributed by atoms with Crippen molar-refractivity contribution in [2.75, 3.05) is 12.4 Å². The number of nitrogens with zero attached hydrogens (tertiary/aromatic N) is 1. The van der Waals surface area contributed by atoms with Crippen molar-refractivity contribution in [2.45, 2.75) is 0 Å². The number of carbonyl (C=O) groups excluding carboxylic acids is 1. The first kappa shape index (κ1) is 16.6. The van der Waals surface area contributed by atoms with Crippen LogP contribution in [0.4, 0.5) is 5.69 Å². The maximum atomic E-state index is 12.2. The van der Waals surface area contributed by atoms with Crippen LogP contribution in [0.3, 0.4) is 0 Å². The van der Waals surface area contributed by atoms with Crippen molar-refractivity contribution >= 4 is 33.6 Å². The normalized spacial score (nSPS) is 10.7. The Bertz CT molecular complexity index is 810. The van der Waals surface area contributed by atoms with Crippen molar-refractivity contribution in [1.29, 1.82) is 5.26 Å². The predicted octanol–water partition coefficient (Wildman–Crippen LogP) is 3.71. The molecule has 0 saturated carbocycles. The van der Waals surface area contributed by atoms with Gasteiger partial charge in [-0.1, -0.05) is 18.2 Å². The SMILES string of the molecule is COc1ccc(/C=C(/C#N)C(=O)Nc2ccccc2O)cc1Br. The number of rotatable bonds is 4. The number of benzene rings is 2. The zero-order chi connectivity index (χ0) is 16.8. The molecule has 116 valence electrons. The Morgan fingerprint density at radius 3 is 2.70 bits per heavy atom. The van der Waals surface area contributed by atoms with Gasteiger partial charge in [-0.15, -0.1) is 0 Å². The Kier molecular flexibility index (Phi) is 5.39. The summed E-state index contributed by atoms with van der Waals surface area (Å²) in [6.45, 7) is 0. The zero-order valence-corrected chi connectivity index (χ0v) is 13.8. The summed E-state index contributed by atoms with van der Waals surface area (Å²) in [5.41, 5.74) is 0.835. The molecule has 1 amide bonds. The van der Waals surface area contributed by atoms with E-state index in [-0.39, 0.29) is 17.0 Å². The van der Waals surface area contributed by atoms with Crippen molar-refractivity contribution in [1.82, 2.24) is 0 Å². The Morgan fingerprint density at radius 2 is 2.09 bits per heavy atom. The average Bonchev–Trinajstić information content (AvgIpc) is 2.54. The summed E-state index contributed by atoms with van der Waals surface area (Å²) < 4.78 is 5.85.